The molecular formula is C12H16ClN5. The molecule has 0 aliphatic rings. The van der Waals surface area contributed by atoms with E-state index in [1.54, 1.807) is 6.20 Å². The zero-order valence-electron chi connectivity index (χ0n) is 10.5. The third kappa shape index (κ3) is 3.05. The first kappa shape index (κ1) is 13.0. The summed E-state index contributed by atoms with van der Waals surface area (Å²) in [7, 11) is 4.11. The fraction of sp³-hybridized carbons (Fsp3) is 0.417. The molecule has 1 N–H and O–H groups in total. The molecule has 0 bridgehead atoms. The average Bonchev–Trinajstić information content (AvgIpc) is 2.37. The maximum absolute atomic E-state index is 5.96. The molecule has 2 aromatic rings. The Morgan fingerprint density at radius 3 is 2.94 bits per heavy atom. The van der Waals surface area contributed by atoms with E-state index in [1.807, 2.05) is 12.1 Å². The molecule has 0 atom stereocenters. The van der Waals surface area contributed by atoms with Gasteiger partial charge < -0.3 is 10.2 Å². The molecule has 0 saturated heterocycles. The van der Waals surface area contributed by atoms with E-state index >= 15 is 0 Å². The van der Waals surface area contributed by atoms with Gasteiger partial charge in [-0.3, -0.25) is 4.98 Å². The van der Waals surface area contributed by atoms with Crippen LogP contribution in [0.4, 0.5) is 5.82 Å². The molecule has 2 heterocycles. The number of anilines is 1. The second-order valence-electron chi connectivity index (χ2n) is 4.32. The van der Waals surface area contributed by atoms with Crippen molar-refractivity contribution < 1.29 is 0 Å². The van der Waals surface area contributed by atoms with Gasteiger partial charge in [0.2, 0.25) is 0 Å². The van der Waals surface area contributed by atoms with Crippen LogP contribution < -0.4 is 5.32 Å². The van der Waals surface area contributed by atoms with Crippen LogP contribution in [0.25, 0.3) is 10.9 Å². The lowest BCUT2D eigenvalue weighted by Gasteiger charge is -2.11. The molecule has 0 spiro atoms. The zero-order valence-corrected chi connectivity index (χ0v) is 11.3. The lowest BCUT2D eigenvalue weighted by Crippen LogP contribution is -2.16. The number of hydrogen-bond donors (Lipinski definition) is 1. The topological polar surface area (TPSA) is 53.9 Å². The van der Waals surface area contributed by atoms with Gasteiger partial charge in [0.15, 0.2) is 11.0 Å². The van der Waals surface area contributed by atoms with E-state index in [0.717, 1.165) is 30.7 Å². The molecular weight excluding hydrogens is 250 g/mol. The molecule has 2 aromatic heterocycles. The molecule has 0 aromatic carbocycles. The standard InChI is InChI=1S/C12H16ClN5/c1-18(2)8-4-7-15-12-9-5-3-6-14-10(9)11(13)16-17-12/h3,5-6H,4,7-8H2,1-2H3,(H,15,17). The SMILES string of the molecule is CN(C)CCCNc1nnc(Cl)c2ncccc12. The Morgan fingerprint density at radius 2 is 2.17 bits per heavy atom. The third-order valence-electron chi connectivity index (χ3n) is 2.57. The second-order valence-corrected chi connectivity index (χ2v) is 4.68. The van der Waals surface area contributed by atoms with Gasteiger partial charge in [0.25, 0.3) is 0 Å². The summed E-state index contributed by atoms with van der Waals surface area (Å²) >= 11 is 5.96. The highest BCUT2D eigenvalue weighted by Crippen LogP contribution is 2.23. The highest BCUT2D eigenvalue weighted by atomic mass is 35.5. The fourth-order valence-electron chi connectivity index (χ4n) is 1.69. The molecule has 0 aliphatic carbocycles. The first-order valence-corrected chi connectivity index (χ1v) is 6.22. The van der Waals surface area contributed by atoms with E-state index in [2.05, 4.69) is 39.5 Å². The normalized spacial score (nSPS) is 11.1. The summed E-state index contributed by atoms with van der Waals surface area (Å²) in [6, 6.07) is 3.81. The maximum atomic E-state index is 5.96. The quantitative estimate of drug-likeness (QED) is 0.839. The van der Waals surface area contributed by atoms with Crippen LogP contribution in [0.5, 0.6) is 0 Å². The first-order chi connectivity index (χ1) is 8.68. The van der Waals surface area contributed by atoms with Gasteiger partial charge in [0.05, 0.1) is 0 Å². The van der Waals surface area contributed by atoms with Crippen LogP contribution in [0.2, 0.25) is 5.15 Å². The first-order valence-electron chi connectivity index (χ1n) is 5.84. The number of nitrogens with zero attached hydrogens (tertiary/aromatic N) is 4. The predicted molar refractivity (Wildman–Crippen MR) is 74.0 cm³/mol. The van der Waals surface area contributed by atoms with Gasteiger partial charge in [0, 0.05) is 18.1 Å². The van der Waals surface area contributed by atoms with E-state index in [1.165, 1.54) is 0 Å². The summed E-state index contributed by atoms with van der Waals surface area (Å²) in [5.74, 6) is 0.737. The number of halogens is 1. The van der Waals surface area contributed by atoms with Gasteiger partial charge in [0.1, 0.15) is 5.52 Å². The van der Waals surface area contributed by atoms with Crippen LogP contribution in [0.15, 0.2) is 18.3 Å². The minimum atomic E-state index is 0.337. The minimum absolute atomic E-state index is 0.337. The molecule has 0 fully saturated rings. The van der Waals surface area contributed by atoms with E-state index in [0.29, 0.717) is 10.7 Å². The molecule has 18 heavy (non-hydrogen) atoms. The van der Waals surface area contributed by atoms with Crippen molar-refractivity contribution in [2.24, 2.45) is 0 Å². The highest BCUT2D eigenvalue weighted by Gasteiger charge is 2.07. The average molecular weight is 266 g/mol. The summed E-state index contributed by atoms with van der Waals surface area (Å²) in [5, 5.41) is 12.5. The Labute approximate surface area is 111 Å². The fourth-order valence-corrected chi connectivity index (χ4v) is 1.88. The van der Waals surface area contributed by atoms with Gasteiger partial charge in [-0.1, -0.05) is 11.6 Å². The monoisotopic (exact) mass is 265 g/mol. The van der Waals surface area contributed by atoms with Crippen molar-refractivity contribution in [3.8, 4) is 0 Å². The van der Waals surface area contributed by atoms with Crippen molar-refractivity contribution in [1.29, 1.82) is 0 Å². The van der Waals surface area contributed by atoms with Crippen LogP contribution in [0, 0.1) is 0 Å². The molecule has 0 saturated carbocycles. The maximum Gasteiger partial charge on any atom is 0.178 e. The second kappa shape index (κ2) is 5.93. The number of aromatic nitrogens is 3. The zero-order chi connectivity index (χ0) is 13.0. The molecule has 0 unspecified atom stereocenters. The van der Waals surface area contributed by atoms with E-state index < -0.39 is 0 Å². The van der Waals surface area contributed by atoms with Gasteiger partial charge in [-0.15, -0.1) is 10.2 Å². The smallest absolute Gasteiger partial charge is 0.178 e. The van der Waals surface area contributed by atoms with Crippen LogP contribution in [-0.4, -0.2) is 47.3 Å². The Kier molecular flexibility index (Phi) is 4.28. The Morgan fingerprint density at radius 1 is 1.33 bits per heavy atom. The van der Waals surface area contributed by atoms with Gasteiger partial charge in [-0.05, 0) is 39.2 Å². The van der Waals surface area contributed by atoms with Crippen LogP contribution in [0.1, 0.15) is 6.42 Å². The van der Waals surface area contributed by atoms with Gasteiger partial charge in [-0.2, -0.15) is 0 Å². The largest absolute Gasteiger partial charge is 0.368 e. The molecule has 0 aliphatic heterocycles. The predicted octanol–water partition coefficient (Wildman–Crippen LogP) is 2.04. The molecule has 0 amide bonds. The van der Waals surface area contributed by atoms with Crippen molar-refractivity contribution in [2.45, 2.75) is 6.42 Å². The van der Waals surface area contributed by atoms with Crippen molar-refractivity contribution in [3.05, 3.63) is 23.5 Å². The molecule has 96 valence electrons. The lowest BCUT2D eigenvalue weighted by molar-refractivity contribution is 0.405. The molecule has 2 rings (SSSR count). The Hall–Kier alpha value is -1.46. The van der Waals surface area contributed by atoms with E-state index in [9.17, 15) is 0 Å². The number of pyridine rings is 1. The van der Waals surface area contributed by atoms with E-state index in [4.69, 9.17) is 11.6 Å². The molecule has 6 heteroatoms. The van der Waals surface area contributed by atoms with Crippen molar-refractivity contribution in [1.82, 2.24) is 20.1 Å². The number of fused-ring (bicyclic) bond motifs is 1. The third-order valence-corrected chi connectivity index (χ3v) is 2.83. The number of rotatable bonds is 5. The van der Waals surface area contributed by atoms with Crippen molar-refractivity contribution >= 4 is 28.3 Å². The van der Waals surface area contributed by atoms with Crippen molar-refractivity contribution in [3.63, 3.8) is 0 Å². The molecule has 0 radical (unpaired) electrons. The number of hydrogen-bond acceptors (Lipinski definition) is 5. The highest BCUT2D eigenvalue weighted by molar-refractivity contribution is 6.33. The summed E-state index contributed by atoms with van der Waals surface area (Å²) in [6.45, 7) is 1.88. The Balaban J connectivity index is 2.11. The molecule has 5 nitrogen and oxygen atoms in total. The van der Waals surface area contributed by atoms with Gasteiger partial charge in [-0.25, -0.2) is 0 Å². The minimum Gasteiger partial charge on any atom is -0.368 e. The summed E-state index contributed by atoms with van der Waals surface area (Å²) in [4.78, 5) is 6.36. The summed E-state index contributed by atoms with van der Waals surface area (Å²) < 4.78 is 0. The lowest BCUT2D eigenvalue weighted by atomic mass is 10.2. The summed E-state index contributed by atoms with van der Waals surface area (Å²) in [5.41, 5.74) is 0.685. The van der Waals surface area contributed by atoms with Crippen LogP contribution >= 0.6 is 11.6 Å². The van der Waals surface area contributed by atoms with E-state index in [-0.39, 0.29) is 0 Å². The van der Waals surface area contributed by atoms with Gasteiger partial charge >= 0.3 is 0 Å². The van der Waals surface area contributed by atoms with Crippen LogP contribution in [-0.2, 0) is 0 Å². The Bertz CT molecular complexity index is 529. The summed E-state index contributed by atoms with van der Waals surface area (Å²) in [6.07, 6.45) is 2.74. The van der Waals surface area contributed by atoms with Crippen LogP contribution in [0.3, 0.4) is 0 Å². The van der Waals surface area contributed by atoms with Crippen molar-refractivity contribution in [2.75, 3.05) is 32.5 Å². The number of nitrogens with one attached hydrogen (secondary N) is 1.